The van der Waals surface area contributed by atoms with Gasteiger partial charge in [0.2, 0.25) is 0 Å². The molecule has 0 N–H and O–H groups in total. The van der Waals surface area contributed by atoms with Crippen LogP contribution in [-0.4, -0.2) is 13.1 Å². The smallest absolute Gasteiger partial charge is 0.330 e. The van der Waals surface area contributed by atoms with Crippen LogP contribution in [0.1, 0.15) is 17.5 Å². The number of rotatable bonds is 7. The molecule has 0 unspecified atom stereocenters. The van der Waals surface area contributed by atoms with Gasteiger partial charge in [-0.3, -0.25) is 0 Å². The van der Waals surface area contributed by atoms with Gasteiger partial charge < -0.3 is 9.47 Å². The first-order valence-electron chi connectivity index (χ1n) is 7.28. The van der Waals surface area contributed by atoms with Crippen LogP contribution in [-0.2, 0) is 22.6 Å². The number of carbonyl (C=O) groups excluding carboxylic acids is 1. The summed E-state index contributed by atoms with van der Waals surface area (Å²) in [5.41, 5.74) is 2.33. The van der Waals surface area contributed by atoms with Crippen molar-refractivity contribution in [1.29, 1.82) is 0 Å². The van der Waals surface area contributed by atoms with Gasteiger partial charge in [0.25, 0.3) is 0 Å². The SMILES string of the molecule is COC(=O)C=CCCc1cccc(OCc2ccccc2)c1. The maximum absolute atomic E-state index is 11.0. The zero-order chi connectivity index (χ0) is 15.6. The lowest BCUT2D eigenvalue weighted by Gasteiger charge is -2.07. The molecule has 3 heteroatoms. The van der Waals surface area contributed by atoms with E-state index in [1.165, 1.54) is 18.7 Å². The van der Waals surface area contributed by atoms with E-state index in [4.69, 9.17) is 4.74 Å². The van der Waals surface area contributed by atoms with Crippen molar-refractivity contribution in [2.45, 2.75) is 19.4 Å². The largest absolute Gasteiger partial charge is 0.489 e. The van der Waals surface area contributed by atoms with Crippen LogP contribution in [0.2, 0.25) is 0 Å². The van der Waals surface area contributed by atoms with Crippen molar-refractivity contribution in [3.05, 3.63) is 77.9 Å². The van der Waals surface area contributed by atoms with Gasteiger partial charge >= 0.3 is 5.97 Å². The third kappa shape index (κ3) is 5.44. The molecular formula is C19H20O3. The van der Waals surface area contributed by atoms with Crippen molar-refractivity contribution in [2.24, 2.45) is 0 Å². The standard InChI is InChI=1S/C19H20O3/c1-21-19(20)13-6-5-8-16-11-7-12-18(14-16)22-15-17-9-3-2-4-10-17/h2-4,6-7,9-14H,5,8,15H2,1H3. The molecule has 0 fully saturated rings. The van der Waals surface area contributed by atoms with Crippen molar-refractivity contribution in [3.63, 3.8) is 0 Å². The molecule has 0 aliphatic heterocycles. The minimum Gasteiger partial charge on any atom is -0.489 e. The van der Waals surface area contributed by atoms with E-state index in [1.807, 2.05) is 54.6 Å². The number of allylic oxidation sites excluding steroid dienone is 1. The molecule has 0 aliphatic rings. The lowest BCUT2D eigenvalue weighted by molar-refractivity contribution is -0.134. The Morgan fingerprint density at radius 1 is 1.05 bits per heavy atom. The van der Waals surface area contributed by atoms with E-state index in [0.29, 0.717) is 6.61 Å². The third-order valence-corrected chi connectivity index (χ3v) is 3.20. The first kappa shape index (κ1) is 15.8. The van der Waals surface area contributed by atoms with Crippen molar-refractivity contribution < 1.29 is 14.3 Å². The normalized spacial score (nSPS) is 10.6. The van der Waals surface area contributed by atoms with Gasteiger partial charge in [0.15, 0.2) is 0 Å². The Bertz CT molecular complexity index is 618. The van der Waals surface area contributed by atoms with Gasteiger partial charge in [0.1, 0.15) is 12.4 Å². The van der Waals surface area contributed by atoms with E-state index in [9.17, 15) is 4.79 Å². The zero-order valence-corrected chi connectivity index (χ0v) is 12.7. The summed E-state index contributed by atoms with van der Waals surface area (Å²) < 4.78 is 10.4. The van der Waals surface area contributed by atoms with Crippen LogP contribution in [0.4, 0.5) is 0 Å². The Morgan fingerprint density at radius 3 is 2.59 bits per heavy atom. The average Bonchev–Trinajstić information content (AvgIpc) is 2.58. The zero-order valence-electron chi connectivity index (χ0n) is 12.7. The van der Waals surface area contributed by atoms with Crippen LogP contribution >= 0.6 is 0 Å². The lowest BCUT2D eigenvalue weighted by Crippen LogP contribution is -1.96. The Kier molecular flexibility index (Phi) is 6.24. The molecule has 0 atom stereocenters. The van der Waals surface area contributed by atoms with E-state index in [1.54, 1.807) is 0 Å². The van der Waals surface area contributed by atoms with E-state index in [-0.39, 0.29) is 5.97 Å². The quantitative estimate of drug-likeness (QED) is 0.573. The fourth-order valence-corrected chi connectivity index (χ4v) is 2.03. The fraction of sp³-hybridized carbons (Fsp3) is 0.211. The first-order chi connectivity index (χ1) is 10.8. The van der Waals surface area contributed by atoms with Gasteiger partial charge in [-0.25, -0.2) is 4.79 Å². The Morgan fingerprint density at radius 2 is 1.82 bits per heavy atom. The predicted molar refractivity (Wildman–Crippen MR) is 86.7 cm³/mol. The van der Waals surface area contributed by atoms with E-state index >= 15 is 0 Å². The van der Waals surface area contributed by atoms with Crippen LogP contribution in [0, 0.1) is 0 Å². The molecule has 2 rings (SSSR count). The number of benzene rings is 2. The van der Waals surface area contributed by atoms with E-state index in [0.717, 1.165) is 24.2 Å². The monoisotopic (exact) mass is 296 g/mol. The number of methoxy groups -OCH3 is 1. The summed E-state index contributed by atoms with van der Waals surface area (Å²) in [6.45, 7) is 0.562. The van der Waals surface area contributed by atoms with Crippen molar-refractivity contribution in [3.8, 4) is 5.75 Å². The van der Waals surface area contributed by atoms with E-state index < -0.39 is 0 Å². The Hall–Kier alpha value is -2.55. The second-order valence-corrected chi connectivity index (χ2v) is 4.89. The molecule has 0 saturated heterocycles. The number of hydrogen-bond donors (Lipinski definition) is 0. The number of hydrogen-bond acceptors (Lipinski definition) is 3. The highest BCUT2D eigenvalue weighted by Crippen LogP contribution is 2.16. The number of aryl methyl sites for hydroxylation is 1. The molecule has 22 heavy (non-hydrogen) atoms. The molecule has 0 radical (unpaired) electrons. The topological polar surface area (TPSA) is 35.5 Å². The van der Waals surface area contributed by atoms with Crippen LogP contribution < -0.4 is 4.74 Å². The summed E-state index contributed by atoms with van der Waals surface area (Å²) in [5.74, 6) is 0.540. The first-order valence-corrected chi connectivity index (χ1v) is 7.28. The maximum atomic E-state index is 11.0. The van der Waals surface area contributed by atoms with Crippen LogP contribution in [0.15, 0.2) is 66.7 Å². The number of esters is 1. The molecule has 0 bridgehead atoms. The molecule has 0 aliphatic carbocycles. The minimum absolute atomic E-state index is 0.319. The third-order valence-electron chi connectivity index (χ3n) is 3.20. The van der Waals surface area contributed by atoms with Gasteiger partial charge in [-0.1, -0.05) is 48.5 Å². The molecule has 0 spiro atoms. The highest BCUT2D eigenvalue weighted by Gasteiger charge is 1.98. The second kappa shape index (κ2) is 8.67. The van der Waals surface area contributed by atoms with Gasteiger partial charge in [0, 0.05) is 6.08 Å². The maximum Gasteiger partial charge on any atom is 0.330 e. The van der Waals surface area contributed by atoms with Gasteiger partial charge in [-0.2, -0.15) is 0 Å². The molecule has 0 saturated carbocycles. The van der Waals surface area contributed by atoms with Crippen molar-refractivity contribution in [1.82, 2.24) is 0 Å². The molecular weight excluding hydrogens is 276 g/mol. The predicted octanol–water partition coefficient (Wildman–Crippen LogP) is 3.93. The summed E-state index contributed by atoms with van der Waals surface area (Å²) in [5, 5.41) is 0. The highest BCUT2D eigenvalue weighted by atomic mass is 16.5. The van der Waals surface area contributed by atoms with Crippen molar-refractivity contribution >= 4 is 5.97 Å². The van der Waals surface area contributed by atoms with Gasteiger partial charge in [-0.15, -0.1) is 0 Å². The molecule has 114 valence electrons. The minimum atomic E-state index is -0.319. The fourth-order valence-electron chi connectivity index (χ4n) is 2.03. The van der Waals surface area contributed by atoms with Crippen LogP contribution in [0.5, 0.6) is 5.75 Å². The molecule has 0 amide bonds. The lowest BCUT2D eigenvalue weighted by atomic mass is 10.1. The van der Waals surface area contributed by atoms with E-state index in [2.05, 4.69) is 10.8 Å². The molecule has 2 aromatic rings. The second-order valence-electron chi connectivity index (χ2n) is 4.89. The Labute approximate surface area is 131 Å². The van der Waals surface area contributed by atoms with Gasteiger partial charge in [-0.05, 0) is 36.1 Å². The number of carbonyl (C=O) groups is 1. The van der Waals surface area contributed by atoms with Crippen LogP contribution in [0.25, 0.3) is 0 Å². The average molecular weight is 296 g/mol. The molecule has 2 aromatic carbocycles. The summed E-state index contributed by atoms with van der Waals surface area (Å²) in [6.07, 6.45) is 4.92. The van der Waals surface area contributed by atoms with Crippen LogP contribution in [0.3, 0.4) is 0 Å². The summed E-state index contributed by atoms with van der Waals surface area (Å²) in [4.78, 5) is 11.0. The molecule has 0 aromatic heterocycles. The molecule has 3 nitrogen and oxygen atoms in total. The summed E-state index contributed by atoms with van der Waals surface area (Å²) in [6, 6.07) is 18.1. The Balaban J connectivity index is 1.84. The summed E-state index contributed by atoms with van der Waals surface area (Å²) >= 11 is 0. The highest BCUT2D eigenvalue weighted by molar-refractivity contribution is 5.81. The summed E-state index contributed by atoms with van der Waals surface area (Å²) in [7, 11) is 1.38. The number of ether oxygens (including phenoxy) is 2. The molecule has 0 heterocycles. The van der Waals surface area contributed by atoms with Crippen molar-refractivity contribution in [2.75, 3.05) is 7.11 Å². The van der Waals surface area contributed by atoms with Gasteiger partial charge in [0.05, 0.1) is 7.11 Å².